The monoisotopic (exact) mass is 328 g/mol. The van der Waals surface area contributed by atoms with E-state index in [1.165, 1.54) is 38.4 Å². The Labute approximate surface area is 142 Å². The fourth-order valence-corrected chi connectivity index (χ4v) is 3.86. The molecule has 0 amide bonds. The Morgan fingerprint density at radius 1 is 1.38 bits per heavy atom. The Bertz CT molecular complexity index is 709. The van der Waals surface area contributed by atoms with Gasteiger partial charge in [-0.05, 0) is 62.8 Å². The number of hydrogen-bond acceptors (Lipinski definition) is 3. The Morgan fingerprint density at radius 3 is 3.04 bits per heavy atom. The molecule has 1 aromatic heterocycles. The lowest BCUT2D eigenvalue weighted by molar-refractivity contribution is 0.131. The summed E-state index contributed by atoms with van der Waals surface area (Å²) in [6, 6.07) is 6.68. The van der Waals surface area contributed by atoms with E-state index in [0.29, 0.717) is 6.42 Å². The SMILES string of the molecule is CC1(c2ncc(Cc3cccc(F)c3)o2)CCCN(CC2CC2)C1. The molecular formula is C20H25FN2O. The minimum Gasteiger partial charge on any atom is -0.445 e. The molecule has 3 nitrogen and oxygen atoms in total. The highest BCUT2D eigenvalue weighted by Crippen LogP contribution is 2.36. The number of piperidine rings is 1. The standard InChI is InChI=1S/C20H25FN2O/c1-20(8-3-9-23(14-20)13-15-6-7-15)19-22-12-18(24-19)11-16-4-2-5-17(21)10-16/h2,4-5,10,12,15H,3,6-9,11,13-14H2,1H3. The second-order valence-corrected chi connectivity index (χ2v) is 7.78. The van der Waals surface area contributed by atoms with Gasteiger partial charge in [-0.25, -0.2) is 9.37 Å². The van der Waals surface area contributed by atoms with E-state index >= 15 is 0 Å². The topological polar surface area (TPSA) is 29.3 Å². The molecule has 4 heteroatoms. The lowest BCUT2D eigenvalue weighted by Crippen LogP contribution is -2.45. The highest BCUT2D eigenvalue weighted by Gasteiger charge is 2.38. The average molecular weight is 328 g/mol. The van der Waals surface area contributed by atoms with Gasteiger partial charge in [0.2, 0.25) is 5.89 Å². The Balaban J connectivity index is 1.46. The summed E-state index contributed by atoms with van der Waals surface area (Å²) in [6.07, 6.45) is 7.50. The number of rotatable bonds is 5. The number of likely N-dealkylation sites (tertiary alicyclic amines) is 1. The van der Waals surface area contributed by atoms with Crippen LogP contribution >= 0.6 is 0 Å². The van der Waals surface area contributed by atoms with Crippen LogP contribution in [0.25, 0.3) is 0 Å². The first-order valence-electron chi connectivity index (χ1n) is 9.03. The van der Waals surface area contributed by atoms with Crippen LogP contribution in [-0.2, 0) is 11.8 Å². The van der Waals surface area contributed by atoms with Gasteiger partial charge in [-0.15, -0.1) is 0 Å². The van der Waals surface area contributed by atoms with E-state index in [-0.39, 0.29) is 11.2 Å². The van der Waals surface area contributed by atoms with Gasteiger partial charge in [-0.1, -0.05) is 12.1 Å². The molecule has 1 unspecified atom stereocenters. The first-order valence-corrected chi connectivity index (χ1v) is 9.03. The van der Waals surface area contributed by atoms with Crippen molar-refractivity contribution in [3.05, 3.63) is 53.5 Å². The van der Waals surface area contributed by atoms with E-state index < -0.39 is 0 Å². The molecule has 1 aromatic carbocycles. The summed E-state index contributed by atoms with van der Waals surface area (Å²) in [7, 11) is 0. The Kier molecular flexibility index (Phi) is 4.17. The van der Waals surface area contributed by atoms with Crippen LogP contribution in [0.4, 0.5) is 4.39 Å². The minimum absolute atomic E-state index is 0.00662. The molecule has 1 aliphatic carbocycles. The first-order chi connectivity index (χ1) is 11.6. The zero-order valence-corrected chi connectivity index (χ0v) is 14.3. The average Bonchev–Trinajstić information content (AvgIpc) is 3.22. The lowest BCUT2D eigenvalue weighted by atomic mass is 9.81. The van der Waals surface area contributed by atoms with Gasteiger partial charge in [0.1, 0.15) is 11.6 Å². The zero-order valence-electron chi connectivity index (χ0n) is 14.3. The van der Waals surface area contributed by atoms with Gasteiger partial charge in [0.15, 0.2) is 0 Å². The molecule has 2 aromatic rings. The Hall–Kier alpha value is -1.68. The van der Waals surface area contributed by atoms with Crippen molar-refractivity contribution in [3.63, 3.8) is 0 Å². The molecule has 1 saturated carbocycles. The van der Waals surface area contributed by atoms with Crippen molar-refractivity contribution in [3.8, 4) is 0 Å². The molecule has 4 rings (SSSR count). The molecule has 0 bridgehead atoms. The van der Waals surface area contributed by atoms with Crippen molar-refractivity contribution in [2.75, 3.05) is 19.6 Å². The predicted octanol–water partition coefficient (Wildman–Crippen LogP) is 4.17. The van der Waals surface area contributed by atoms with Gasteiger partial charge in [-0.3, -0.25) is 0 Å². The van der Waals surface area contributed by atoms with Crippen molar-refractivity contribution in [1.82, 2.24) is 9.88 Å². The van der Waals surface area contributed by atoms with Crippen molar-refractivity contribution >= 4 is 0 Å². The van der Waals surface area contributed by atoms with Crippen molar-refractivity contribution in [2.24, 2.45) is 5.92 Å². The summed E-state index contributed by atoms with van der Waals surface area (Å²) in [5.41, 5.74) is 0.912. The van der Waals surface area contributed by atoms with Gasteiger partial charge in [-0.2, -0.15) is 0 Å². The number of oxazole rings is 1. The maximum atomic E-state index is 13.3. The smallest absolute Gasteiger partial charge is 0.201 e. The molecule has 2 aliphatic rings. The number of benzene rings is 1. The Morgan fingerprint density at radius 2 is 2.25 bits per heavy atom. The molecule has 1 aliphatic heterocycles. The normalized spacial score (nSPS) is 25.1. The predicted molar refractivity (Wildman–Crippen MR) is 91.5 cm³/mol. The van der Waals surface area contributed by atoms with Crippen LogP contribution in [0, 0.1) is 11.7 Å². The lowest BCUT2D eigenvalue weighted by Gasteiger charge is -2.38. The quantitative estimate of drug-likeness (QED) is 0.825. The largest absolute Gasteiger partial charge is 0.445 e. The second kappa shape index (κ2) is 6.32. The van der Waals surface area contributed by atoms with Gasteiger partial charge >= 0.3 is 0 Å². The summed E-state index contributed by atoms with van der Waals surface area (Å²) < 4.78 is 19.4. The summed E-state index contributed by atoms with van der Waals surface area (Å²) in [5, 5.41) is 0. The summed E-state index contributed by atoms with van der Waals surface area (Å²) in [6.45, 7) is 5.72. The summed E-state index contributed by atoms with van der Waals surface area (Å²) >= 11 is 0. The fraction of sp³-hybridized carbons (Fsp3) is 0.550. The first kappa shape index (κ1) is 15.8. The van der Waals surface area contributed by atoms with E-state index in [2.05, 4.69) is 16.8 Å². The van der Waals surface area contributed by atoms with Crippen molar-refractivity contribution in [1.29, 1.82) is 0 Å². The van der Waals surface area contributed by atoms with Gasteiger partial charge in [0, 0.05) is 19.5 Å². The van der Waals surface area contributed by atoms with Crippen molar-refractivity contribution < 1.29 is 8.81 Å². The highest BCUT2D eigenvalue weighted by atomic mass is 19.1. The molecular weight excluding hydrogens is 303 g/mol. The molecule has 1 atom stereocenters. The van der Waals surface area contributed by atoms with E-state index in [4.69, 9.17) is 4.42 Å². The van der Waals surface area contributed by atoms with Crippen LogP contribution in [0.15, 0.2) is 34.9 Å². The number of aromatic nitrogens is 1. The molecule has 0 spiro atoms. The van der Waals surface area contributed by atoms with Crippen LogP contribution in [-0.4, -0.2) is 29.5 Å². The maximum absolute atomic E-state index is 13.3. The molecule has 128 valence electrons. The maximum Gasteiger partial charge on any atom is 0.201 e. The van der Waals surface area contributed by atoms with E-state index in [1.54, 1.807) is 12.1 Å². The molecule has 2 fully saturated rings. The van der Waals surface area contributed by atoms with Gasteiger partial charge in [0.25, 0.3) is 0 Å². The molecule has 2 heterocycles. The fourth-order valence-electron chi connectivity index (χ4n) is 3.86. The van der Waals surface area contributed by atoms with E-state index in [0.717, 1.165) is 36.1 Å². The van der Waals surface area contributed by atoms with Crippen LogP contribution in [0.3, 0.4) is 0 Å². The van der Waals surface area contributed by atoms with Crippen LogP contribution in [0.5, 0.6) is 0 Å². The number of halogens is 1. The molecule has 0 N–H and O–H groups in total. The van der Waals surface area contributed by atoms with Crippen LogP contribution in [0.1, 0.15) is 49.8 Å². The number of hydrogen-bond donors (Lipinski definition) is 0. The van der Waals surface area contributed by atoms with Crippen LogP contribution < -0.4 is 0 Å². The van der Waals surface area contributed by atoms with E-state index in [1.807, 2.05) is 12.3 Å². The van der Waals surface area contributed by atoms with E-state index in [9.17, 15) is 4.39 Å². The second-order valence-electron chi connectivity index (χ2n) is 7.78. The zero-order chi connectivity index (χ0) is 16.6. The van der Waals surface area contributed by atoms with Gasteiger partial charge in [0.05, 0.1) is 11.6 Å². The minimum atomic E-state index is -0.206. The van der Waals surface area contributed by atoms with Crippen molar-refractivity contribution in [2.45, 2.75) is 44.4 Å². The highest BCUT2D eigenvalue weighted by molar-refractivity contribution is 5.21. The summed E-state index contributed by atoms with van der Waals surface area (Å²) in [4.78, 5) is 7.15. The molecule has 0 radical (unpaired) electrons. The number of nitrogens with zero attached hydrogens (tertiary/aromatic N) is 2. The molecule has 1 saturated heterocycles. The molecule has 24 heavy (non-hydrogen) atoms. The third-order valence-corrected chi connectivity index (χ3v) is 5.33. The third kappa shape index (κ3) is 3.54. The third-order valence-electron chi connectivity index (χ3n) is 5.33. The van der Waals surface area contributed by atoms with Crippen LogP contribution in [0.2, 0.25) is 0 Å². The summed E-state index contributed by atoms with van der Waals surface area (Å²) in [5.74, 6) is 2.37. The van der Waals surface area contributed by atoms with Gasteiger partial charge < -0.3 is 9.32 Å².